The molecule has 0 fully saturated rings. The Morgan fingerprint density at radius 2 is 1.31 bits per heavy atom. The Balaban J connectivity index is 1.65. The molecule has 0 spiro atoms. The SMILES string of the molecule is CC1C=Cc2c(c3ccccc3n2-c2nc(-c3ccccc3)nc(-c3ccccc3)n2)C1. The van der Waals surface area contributed by atoms with Crippen LogP contribution in [0.3, 0.4) is 0 Å². The van der Waals surface area contributed by atoms with Gasteiger partial charge < -0.3 is 0 Å². The third-order valence-corrected chi connectivity index (χ3v) is 6.02. The summed E-state index contributed by atoms with van der Waals surface area (Å²) in [5.74, 6) is 2.51. The molecule has 6 rings (SSSR count). The number of para-hydroxylation sites is 1. The maximum Gasteiger partial charge on any atom is 0.238 e. The highest BCUT2D eigenvalue weighted by Gasteiger charge is 2.23. The second kappa shape index (κ2) is 7.57. The first-order chi connectivity index (χ1) is 15.8. The van der Waals surface area contributed by atoms with Crippen molar-refractivity contribution in [3.63, 3.8) is 0 Å². The molecule has 1 atom stereocenters. The van der Waals surface area contributed by atoms with Gasteiger partial charge in [-0.2, -0.15) is 9.97 Å². The minimum atomic E-state index is 0.514. The monoisotopic (exact) mass is 414 g/mol. The van der Waals surface area contributed by atoms with E-state index in [1.54, 1.807) is 0 Å². The normalized spacial score (nSPS) is 15.1. The summed E-state index contributed by atoms with van der Waals surface area (Å²) in [4.78, 5) is 14.7. The number of nitrogens with zero attached hydrogens (tertiary/aromatic N) is 4. The van der Waals surface area contributed by atoms with Crippen molar-refractivity contribution in [3.05, 3.63) is 102 Å². The fraction of sp³-hybridized carbons (Fsp3) is 0.107. The summed E-state index contributed by atoms with van der Waals surface area (Å²) in [7, 11) is 0. The zero-order valence-corrected chi connectivity index (χ0v) is 17.8. The van der Waals surface area contributed by atoms with Crippen molar-refractivity contribution >= 4 is 17.0 Å². The Morgan fingerprint density at radius 1 is 0.719 bits per heavy atom. The first-order valence-corrected chi connectivity index (χ1v) is 11.0. The van der Waals surface area contributed by atoms with Crippen molar-refractivity contribution in [2.45, 2.75) is 13.3 Å². The molecule has 32 heavy (non-hydrogen) atoms. The standard InChI is InChI=1S/C28H22N4/c1-19-16-17-25-23(18-19)22-14-8-9-15-24(22)32(25)28-30-26(20-10-4-2-5-11-20)29-27(31-28)21-12-6-3-7-13-21/h2-17,19H,18H2,1H3. The first-order valence-electron chi connectivity index (χ1n) is 11.0. The molecule has 4 nitrogen and oxygen atoms in total. The number of hydrogen-bond donors (Lipinski definition) is 0. The number of allylic oxidation sites excluding steroid dienone is 1. The average Bonchev–Trinajstić information content (AvgIpc) is 3.18. The molecule has 1 aliphatic rings. The largest absolute Gasteiger partial charge is 0.278 e. The molecule has 2 heterocycles. The smallest absolute Gasteiger partial charge is 0.238 e. The van der Waals surface area contributed by atoms with Gasteiger partial charge in [0.1, 0.15) is 0 Å². The Labute approximate surface area is 186 Å². The Hall–Kier alpha value is -4.05. The van der Waals surface area contributed by atoms with Crippen LogP contribution in [0.5, 0.6) is 0 Å². The summed E-state index contributed by atoms with van der Waals surface area (Å²) < 4.78 is 2.19. The fourth-order valence-electron chi connectivity index (χ4n) is 4.47. The topological polar surface area (TPSA) is 43.6 Å². The van der Waals surface area contributed by atoms with Gasteiger partial charge >= 0.3 is 0 Å². The zero-order chi connectivity index (χ0) is 21.5. The van der Waals surface area contributed by atoms with E-state index >= 15 is 0 Å². The number of benzene rings is 3. The van der Waals surface area contributed by atoms with Gasteiger partial charge in [0, 0.05) is 16.5 Å². The van der Waals surface area contributed by atoms with Crippen LogP contribution < -0.4 is 0 Å². The van der Waals surface area contributed by atoms with E-state index in [9.17, 15) is 0 Å². The maximum absolute atomic E-state index is 4.96. The molecule has 4 heteroatoms. The Kier molecular flexibility index (Phi) is 4.43. The summed E-state index contributed by atoms with van der Waals surface area (Å²) in [5.41, 5.74) is 5.60. The van der Waals surface area contributed by atoms with Gasteiger partial charge in [-0.1, -0.05) is 91.9 Å². The van der Waals surface area contributed by atoms with Crippen molar-refractivity contribution in [3.8, 4) is 28.7 Å². The van der Waals surface area contributed by atoms with Crippen molar-refractivity contribution in [1.82, 2.24) is 19.5 Å². The van der Waals surface area contributed by atoms with Crippen LogP contribution in [0.2, 0.25) is 0 Å². The molecule has 0 N–H and O–H groups in total. The summed E-state index contributed by atoms with van der Waals surface area (Å²) in [6.45, 7) is 2.26. The molecular weight excluding hydrogens is 392 g/mol. The first kappa shape index (κ1) is 18.7. The minimum absolute atomic E-state index is 0.514. The molecule has 1 aliphatic carbocycles. The highest BCUT2D eigenvalue weighted by Crippen LogP contribution is 2.35. The number of rotatable bonds is 3. The van der Waals surface area contributed by atoms with E-state index in [0.29, 0.717) is 23.5 Å². The molecule has 0 amide bonds. The molecule has 5 aromatic rings. The lowest BCUT2D eigenvalue weighted by molar-refractivity contribution is 0.716. The minimum Gasteiger partial charge on any atom is -0.278 e. The average molecular weight is 415 g/mol. The van der Waals surface area contributed by atoms with Gasteiger partial charge in [0.15, 0.2) is 11.6 Å². The zero-order valence-electron chi connectivity index (χ0n) is 17.8. The van der Waals surface area contributed by atoms with Crippen LogP contribution in [0.1, 0.15) is 18.2 Å². The van der Waals surface area contributed by atoms with Crippen molar-refractivity contribution in [2.24, 2.45) is 5.92 Å². The summed E-state index contributed by atoms with van der Waals surface area (Å²) in [5, 5.41) is 1.27. The van der Waals surface area contributed by atoms with Crippen molar-refractivity contribution < 1.29 is 0 Å². The predicted octanol–water partition coefficient (Wildman–Crippen LogP) is 6.35. The number of fused-ring (bicyclic) bond motifs is 3. The Bertz CT molecular complexity index is 1390. The number of hydrogen-bond acceptors (Lipinski definition) is 3. The highest BCUT2D eigenvalue weighted by molar-refractivity contribution is 5.90. The highest BCUT2D eigenvalue weighted by atomic mass is 15.2. The summed E-state index contributed by atoms with van der Waals surface area (Å²) in [6, 6.07) is 28.8. The molecule has 1 unspecified atom stereocenters. The van der Waals surface area contributed by atoms with Gasteiger partial charge in [0.05, 0.1) is 11.2 Å². The molecule has 2 aromatic heterocycles. The fourth-order valence-corrected chi connectivity index (χ4v) is 4.47. The summed E-state index contributed by atoms with van der Waals surface area (Å²) in [6.07, 6.45) is 5.51. The van der Waals surface area contributed by atoms with Crippen LogP contribution in [0.4, 0.5) is 0 Å². The van der Waals surface area contributed by atoms with Gasteiger partial charge in [-0.15, -0.1) is 0 Å². The second-order valence-corrected chi connectivity index (χ2v) is 8.27. The van der Waals surface area contributed by atoms with E-state index in [2.05, 4.69) is 47.9 Å². The lowest BCUT2D eigenvalue weighted by Crippen LogP contribution is -2.10. The van der Waals surface area contributed by atoms with Gasteiger partial charge in [0.2, 0.25) is 5.95 Å². The molecule has 154 valence electrons. The molecule has 0 radical (unpaired) electrons. The molecular formula is C28H22N4. The van der Waals surface area contributed by atoms with Gasteiger partial charge in [0.25, 0.3) is 0 Å². The van der Waals surface area contributed by atoms with Gasteiger partial charge in [-0.05, 0) is 30.0 Å². The van der Waals surface area contributed by atoms with Crippen LogP contribution in [0, 0.1) is 5.92 Å². The van der Waals surface area contributed by atoms with Gasteiger partial charge in [-0.3, -0.25) is 4.57 Å². The van der Waals surface area contributed by atoms with E-state index in [-0.39, 0.29) is 0 Å². The maximum atomic E-state index is 4.96. The van der Waals surface area contributed by atoms with Crippen LogP contribution in [-0.4, -0.2) is 19.5 Å². The number of aromatic nitrogens is 4. The third-order valence-electron chi connectivity index (χ3n) is 6.02. The van der Waals surface area contributed by atoms with Crippen LogP contribution in [0.15, 0.2) is 91.0 Å². The lowest BCUT2D eigenvalue weighted by Gasteiger charge is -2.15. The third kappa shape index (κ3) is 3.12. The molecule has 0 bridgehead atoms. The molecule has 3 aromatic carbocycles. The Morgan fingerprint density at radius 3 is 1.97 bits per heavy atom. The molecule has 0 saturated heterocycles. The van der Waals surface area contributed by atoms with E-state index in [4.69, 9.17) is 15.0 Å². The van der Waals surface area contributed by atoms with E-state index in [0.717, 1.165) is 28.8 Å². The summed E-state index contributed by atoms with van der Waals surface area (Å²) >= 11 is 0. The van der Waals surface area contributed by atoms with E-state index in [1.807, 2.05) is 60.7 Å². The van der Waals surface area contributed by atoms with E-state index < -0.39 is 0 Å². The lowest BCUT2D eigenvalue weighted by atomic mass is 9.93. The van der Waals surface area contributed by atoms with Crippen LogP contribution >= 0.6 is 0 Å². The molecule has 0 saturated carbocycles. The van der Waals surface area contributed by atoms with Crippen molar-refractivity contribution in [1.29, 1.82) is 0 Å². The second-order valence-electron chi connectivity index (χ2n) is 8.27. The van der Waals surface area contributed by atoms with E-state index in [1.165, 1.54) is 10.9 Å². The van der Waals surface area contributed by atoms with Crippen LogP contribution in [-0.2, 0) is 6.42 Å². The quantitative estimate of drug-likeness (QED) is 0.345. The predicted molar refractivity (Wildman–Crippen MR) is 129 cm³/mol. The van der Waals surface area contributed by atoms with Gasteiger partial charge in [-0.25, -0.2) is 4.98 Å². The van der Waals surface area contributed by atoms with Crippen molar-refractivity contribution in [2.75, 3.05) is 0 Å². The van der Waals surface area contributed by atoms with Crippen LogP contribution in [0.25, 0.3) is 45.7 Å². The molecule has 0 aliphatic heterocycles.